The number of carbonyl (C=O) groups is 2. The molecule has 0 atom stereocenters. The van der Waals surface area contributed by atoms with E-state index in [-0.39, 0.29) is 18.6 Å². The number of rotatable bonds is 7. The van der Waals surface area contributed by atoms with Crippen LogP contribution in [-0.4, -0.2) is 35.0 Å². The van der Waals surface area contributed by atoms with Gasteiger partial charge in [0.1, 0.15) is 11.5 Å². The van der Waals surface area contributed by atoms with Crippen molar-refractivity contribution in [3.63, 3.8) is 0 Å². The molecule has 2 amide bonds. The highest BCUT2D eigenvalue weighted by Gasteiger charge is 2.17. The first kappa shape index (κ1) is 23.2. The molecule has 0 spiro atoms. The highest BCUT2D eigenvalue weighted by atomic mass is 16.7. The molecule has 1 aliphatic heterocycles. The Morgan fingerprint density at radius 2 is 1.78 bits per heavy atom. The maximum atomic E-state index is 12.9. The normalized spacial score (nSPS) is 12.0. The lowest BCUT2D eigenvalue weighted by Gasteiger charge is -2.20. The molecule has 184 valence electrons. The summed E-state index contributed by atoms with van der Waals surface area (Å²) in [5, 5.41) is 5.75. The van der Waals surface area contributed by atoms with E-state index in [2.05, 4.69) is 20.5 Å². The second-order valence-corrected chi connectivity index (χ2v) is 8.77. The van der Waals surface area contributed by atoms with Crippen LogP contribution in [0.3, 0.4) is 0 Å². The number of benzene rings is 2. The summed E-state index contributed by atoms with van der Waals surface area (Å²) in [7, 11) is 1.99. The van der Waals surface area contributed by atoms with Crippen LogP contribution >= 0.6 is 0 Å². The van der Waals surface area contributed by atoms with Gasteiger partial charge in [0.2, 0.25) is 12.7 Å². The average Bonchev–Trinajstić information content (AvgIpc) is 3.45. The standard InChI is InChI=1S/C27H27N5O4/c1-17-27(31(3)14-19-4-8-22(9-5-19)30-18(2)33)32-15-21(7-11-25(32)29-17)26(34)28-13-20-6-10-23-24(12-20)36-16-35-23/h4-12,15H,13-14,16H2,1-3H3,(H,28,34)(H,30,33). The number of anilines is 2. The first-order valence-corrected chi connectivity index (χ1v) is 11.6. The average molecular weight is 486 g/mol. The summed E-state index contributed by atoms with van der Waals surface area (Å²) >= 11 is 0. The van der Waals surface area contributed by atoms with Crippen LogP contribution in [0.4, 0.5) is 11.5 Å². The first-order chi connectivity index (χ1) is 17.4. The number of nitrogens with one attached hydrogen (secondary N) is 2. The lowest BCUT2D eigenvalue weighted by atomic mass is 10.2. The van der Waals surface area contributed by atoms with Crippen LogP contribution in [0.1, 0.15) is 34.1 Å². The van der Waals surface area contributed by atoms with Gasteiger partial charge in [0.25, 0.3) is 5.91 Å². The number of amides is 2. The van der Waals surface area contributed by atoms with Gasteiger partial charge >= 0.3 is 0 Å². The fraction of sp³-hybridized carbons (Fsp3) is 0.222. The number of aryl methyl sites for hydroxylation is 1. The molecular formula is C27H27N5O4. The summed E-state index contributed by atoms with van der Waals surface area (Å²) in [5.41, 5.74) is 4.94. The molecule has 36 heavy (non-hydrogen) atoms. The van der Waals surface area contributed by atoms with Crippen LogP contribution in [0.15, 0.2) is 60.8 Å². The topological polar surface area (TPSA) is 97.2 Å². The van der Waals surface area contributed by atoms with E-state index in [4.69, 9.17) is 9.47 Å². The Balaban J connectivity index is 1.31. The molecule has 1 aliphatic rings. The van der Waals surface area contributed by atoms with Crippen LogP contribution in [0.2, 0.25) is 0 Å². The van der Waals surface area contributed by atoms with Gasteiger partial charge in [0.15, 0.2) is 11.5 Å². The van der Waals surface area contributed by atoms with E-state index in [1.54, 1.807) is 6.07 Å². The lowest BCUT2D eigenvalue weighted by molar-refractivity contribution is -0.114. The van der Waals surface area contributed by atoms with Crippen LogP contribution in [0.5, 0.6) is 11.5 Å². The molecule has 3 heterocycles. The number of fused-ring (bicyclic) bond motifs is 2. The second kappa shape index (κ2) is 9.61. The van der Waals surface area contributed by atoms with Gasteiger partial charge in [-0.25, -0.2) is 4.98 Å². The predicted molar refractivity (Wildman–Crippen MR) is 137 cm³/mol. The zero-order valence-electron chi connectivity index (χ0n) is 20.4. The van der Waals surface area contributed by atoms with Crippen molar-refractivity contribution in [2.45, 2.75) is 26.9 Å². The summed E-state index contributed by atoms with van der Waals surface area (Å²) in [4.78, 5) is 31.0. The maximum absolute atomic E-state index is 12.9. The van der Waals surface area contributed by atoms with Crippen molar-refractivity contribution < 1.29 is 19.1 Å². The van der Waals surface area contributed by atoms with Crippen LogP contribution in [0.25, 0.3) is 5.65 Å². The second-order valence-electron chi connectivity index (χ2n) is 8.77. The van der Waals surface area contributed by atoms with Gasteiger partial charge in [-0.3, -0.25) is 14.0 Å². The fourth-order valence-electron chi connectivity index (χ4n) is 4.33. The highest BCUT2D eigenvalue weighted by molar-refractivity contribution is 5.94. The van der Waals surface area contributed by atoms with E-state index in [1.807, 2.05) is 73.1 Å². The Morgan fingerprint density at radius 3 is 2.56 bits per heavy atom. The molecule has 2 N–H and O–H groups in total. The molecule has 9 heteroatoms. The molecule has 0 saturated heterocycles. The Morgan fingerprint density at radius 1 is 1.03 bits per heavy atom. The van der Waals surface area contributed by atoms with Gasteiger partial charge in [-0.05, 0) is 54.4 Å². The lowest BCUT2D eigenvalue weighted by Crippen LogP contribution is -2.23. The van der Waals surface area contributed by atoms with E-state index in [1.165, 1.54) is 6.92 Å². The van der Waals surface area contributed by atoms with Crippen LogP contribution in [0, 0.1) is 6.92 Å². The van der Waals surface area contributed by atoms with Crippen molar-refractivity contribution in [2.75, 3.05) is 24.1 Å². The van der Waals surface area contributed by atoms with Crippen molar-refractivity contribution in [3.05, 3.63) is 83.2 Å². The molecule has 0 aliphatic carbocycles. The molecule has 0 fully saturated rings. The van der Waals surface area contributed by atoms with Gasteiger partial charge in [-0.15, -0.1) is 0 Å². The number of hydrogen-bond donors (Lipinski definition) is 2. The van der Waals surface area contributed by atoms with Crippen molar-refractivity contribution in [1.29, 1.82) is 0 Å². The van der Waals surface area contributed by atoms with Gasteiger partial charge in [0, 0.05) is 38.9 Å². The molecule has 5 rings (SSSR count). The zero-order chi connectivity index (χ0) is 25.2. The van der Waals surface area contributed by atoms with Crippen molar-refractivity contribution in [2.24, 2.45) is 0 Å². The quantitative estimate of drug-likeness (QED) is 0.412. The smallest absolute Gasteiger partial charge is 0.253 e. The third-order valence-electron chi connectivity index (χ3n) is 5.97. The Hall–Kier alpha value is -4.53. The van der Waals surface area contributed by atoms with E-state index in [0.717, 1.165) is 34.0 Å². The summed E-state index contributed by atoms with van der Waals surface area (Å²) in [5.74, 6) is 2.03. The maximum Gasteiger partial charge on any atom is 0.253 e. The third-order valence-corrected chi connectivity index (χ3v) is 5.97. The molecular weight excluding hydrogens is 458 g/mol. The summed E-state index contributed by atoms with van der Waals surface area (Å²) < 4.78 is 12.7. The highest BCUT2D eigenvalue weighted by Crippen LogP contribution is 2.32. The minimum atomic E-state index is -0.178. The van der Waals surface area contributed by atoms with Gasteiger partial charge in [-0.1, -0.05) is 18.2 Å². The van der Waals surface area contributed by atoms with Gasteiger partial charge in [0.05, 0.1) is 11.3 Å². The molecule has 2 aromatic heterocycles. The van der Waals surface area contributed by atoms with Gasteiger partial charge < -0.3 is 25.0 Å². The molecule has 9 nitrogen and oxygen atoms in total. The van der Waals surface area contributed by atoms with Gasteiger partial charge in [-0.2, -0.15) is 0 Å². The van der Waals surface area contributed by atoms with Crippen molar-refractivity contribution in [1.82, 2.24) is 14.7 Å². The zero-order valence-corrected chi connectivity index (χ0v) is 20.4. The van der Waals surface area contributed by atoms with E-state index in [9.17, 15) is 9.59 Å². The Kier molecular flexibility index (Phi) is 6.20. The summed E-state index contributed by atoms with van der Waals surface area (Å²) in [6.45, 7) is 4.67. The first-order valence-electron chi connectivity index (χ1n) is 11.6. The van der Waals surface area contributed by atoms with E-state index in [0.29, 0.717) is 30.2 Å². The molecule has 0 saturated carbocycles. The number of aromatic nitrogens is 2. The van der Waals surface area contributed by atoms with Crippen LogP contribution < -0.4 is 25.0 Å². The van der Waals surface area contributed by atoms with E-state index >= 15 is 0 Å². The third kappa shape index (κ3) is 4.81. The minimum absolute atomic E-state index is 0.100. The number of pyridine rings is 1. The Bertz CT molecular complexity index is 1440. The SMILES string of the molecule is CC(=O)Nc1ccc(CN(C)c2c(C)nc3ccc(C(=O)NCc4ccc5c(c4)OCO5)cn23)cc1. The largest absolute Gasteiger partial charge is 0.454 e. The number of ether oxygens (including phenoxy) is 2. The van der Waals surface area contributed by atoms with Crippen molar-refractivity contribution >= 4 is 29.0 Å². The van der Waals surface area contributed by atoms with E-state index < -0.39 is 0 Å². The molecule has 0 radical (unpaired) electrons. The number of hydrogen-bond acceptors (Lipinski definition) is 6. The number of carbonyl (C=O) groups excluding carboxylic acids is 2. The molecule has 0 bridgehead atoms. The Labute approximate surface area is 208 Å². The monoisotopic (exact) mass is 485 g/mol. The van der Waals surface area contributed by atoms with Crippen LogP contribution in [-0.2, 0) is 17.9 Å². The molecule has 4 aromatic rings. The summed E-state index contributed by atoms with van der Waals surface area (Å²) in [6, 6.07) is 17.0. The molecule has 0 unspecified atom stereocenters. The number of nitrogens with zero attached hydrogens (tertiary/aromatic N) is 3. The van der Waals surface area contributed by atoms with Crippen molar-refractivity contribution in [3.8, 4) is 11.5 Å². The predicted octanol–water partition coefficient (Wildman–Crippen LogP) is 3.90. The summed E-state index contributed by atoms with van der Waals surface area (Å²) in [6.07, 6.45) is 1.82. The fourth-order valence-corrected chi connectivity index (χ4v) is 4.33. The molecule has 2 aromatic carbocycles. The number of imidazole rings is 1. The minimum Gasteiger partial charge on any atom is -0.454 e.